The lowest BCUT2D eigenvalue weighted by molar-refractivity contribution is 0.112. The van der Waals surface area contributed by atoms with E-state index in [0.29, 0.717) is 22.2 Å². The van der Waals surface area contributed by atoms with Gasteiger partial charge in [-0.15, -0.1) is 0 Å². The van der Waals surface area contributed by atoms with Crippen LogP contribution < -0.4 is 0 Å². The van der Waals surface area contributed by atoms with E-state index in [1.54, 1.807) is 41.1 Å². The molecule has 0 saturated heterocycles. The molecule has 3 aromatic heterocycles. The molecule has 0 atom stereocenters. The van der Waals surface area contributed by atoms with E-state index in [1.807, 2.05) is 0 Å². The zero-order valence-corrected chi connectivity index (χ0v) is 9.39. The molecule has 0 fully saturated rings. The van der Waals surface area contributed by atoms with Gasteiger partial charge in [0.05, 0.1) is 0 Å². The van der Waals surface area contributed by atoms with Crippen LogP contribution in [0.1, 0.15) is 10.4 Å². The van der Waals surface area contributed by atoms with Crippen LogP contribution in [0.25, 0.3) is 17.1 Å². The summed E-state index contributed by atoms with van der Waals surface area (Å²) in [6.07, 6.45) is 4.30. The van der Waals surface area contributed by atoms with Crippen molar-refractivity contribution in [1.29, 1.82) is 0 Å². The number of imidazole rings is 1. The minimum absolute atomic E-state index is 0.325. The summed E-state index contributed by atoms with van der Waals surface area (Å²) in [7, 11) is 0. The van der Waals surface area contributed by atoms with Gasteiger partial charge in [0.25, 0.3) is 0 Å². The molecule has 0 aliphatic carbocycles. The smallest absolute Gasteiger partial charge is 0.194 e. The van der Waals surface area contributed by atoms with Crippen molar-refractivity contribution in [2.24, 2.45) is 0 Å². The van der Waals surface area contributed by atoms with Gasteiger partial charge in [0.1, 0.15) is 11.3 Å². The molecule has 3 rings (SSSR count). The van der Waals surface area contributed by atoms with Crippen molar-refractivity contribution in [2.45, 2.75) is 0 Å². The van der Waals surface area contributed by atoms with Gasteiger partial charge in [-0.3, -0.25) is 4.79 Å². The second-order valence-electron chi connectivity index (χ2n) is 3.58. The molecule has 0 radical (unpaired) electrons. The first-order chi connectivity index (χ1) is 8.26. The Morgan fingerprint density at radius 3 is 2.82 bits per heavy atom. The first-order valence-corrected chi connectivity index (χ1v) is 5.34. The Labute approximate surface area is 101 Å². The zero-order chi connectivity index (χ0) is 11.8. The maximum atomic E-state index is 10.7. The quantitative estimate of drug-likeness (QED) is 0.653. The number of aromatic nitrogens is 2. The molecule has 3 heterocycles. The van der Waals surface area contributed by atoms with E-state index in [4.69, 9.17) is 16.0 Å². The van der Waals surface area contributed by atoms with Gasteiger partial charge in [0.15, 0.2) is 17.3 Å². The second kappa shape index (κ2) is 3.75. The number of hydrogen-bond acceptors (Lipinski definition) is 3. The average molecular weight is 247 g/mol. The number of nitrogens with zero attached hydrogens (tertiary/aromatic N) is 2. The van der Waals surface area contributed by atoms with Crippen LogP contribution in [0.3, 0.4) is 0 Å². The van der Waals surface area contributed by atoms with Crippen molar-refractivity contribution in [3.05, 3.63) is 47.4 Å². The van der Waals surface area contributed by atoms with E-state index >= 15 is 0 Å². The summed E-state index contributed by atoms with van der Waals surface area (Å²) >= 11 is 5.71. The minimum atomic E-state index is 0.325. The van der Waals surface area contributed by atoms with E-state index in [0.717, 1.165) is 11.9 Å². The van der Waals surface area contributed by atoms with Crippen LogP contribution in [0.15, 0.2) is 41.1 Å². The lowest BCUT2D eigenvalue weighted by atomic mass is 10.3. The number of pyridine rings is 1. The summed E-state index contributed by atoms with van der Waals surface area (Å²) < 4.78 is 7.05. The lowest BCUT2D eigenvalue weighted by Crippen LogP contribution is -1.86. The standard InChI is InChI=1S/C12H7ClN2O2/c13-11-3-2-10(17-11)9-6-15-5-8(7-16)1-4-12(15)14-9/h1-7H. The first kappa shape index (κ1) is 10.1. The van der Waals surface area contributed by atoms with Crippen LogP contribution in [-0.4, -0.2) is 15.7 Å². The predicted octanol–water partition coefficient (Wildman–Crippen LogP) is 3.06. The third-order valence-corrected chi connectivity index (χ3v) is 2.64. The number of carbonyl (C=O) groups excluding carboxylic acids is 1. The second-order valence-corrected chi connectivity index (χ2v) is 3.95. The van der Waals surface area contributed by atoms with E-state index in [1.165, 1.54) is 0 Å². The number of hydrogen-bond donors (Lipinski definition) is 0. The van der Waals surface area contributed by atoms with E-state index in [2.05, 4.69) is 4.98 Å². The molecule has 0 aliphatic heterocycles. The summed E-state index contributed by atoms with van der Waals surface area (Å²) in [6.45, 7) is 0. The Kier molecular flexibility index (Phi) is 2.23. The molecule has 4 nitrogen and oxygen atoms in total. The van der Waals surface area contributed by atoms with Gasteiger partial charge in [0.2, 0.25) is 0 Å². The van der Waals surface area contributed by atoms with Gasteiger partial charge in [-0.25, -0.2) is 4.98 Å². The van der Waals surface area contributed by atoms with Crippen LogP contribution in [-0.2, 0) is 0 Å². The van der Waals surface area contributed by atoms with Gasteiger partial charge < -0.3 is 8.82 Å². The molecular formula is C12H7ClN2O2. The first-order valence-electron chi connectivity index (χ1n) is 4.96. The molecule has 0 aromatic carbocycles. The molecular weight excluding hydrogens is 240 g/mol. The number of fused-ring (bicyclic) bond motifs is 1. The maximum Gasteiger partial charge on any atom is 0.194 e. The fraction of sp³-hybridized carbons (Fsp3) is 0. The van der Waals surface area contributed by atoms with Crippen molar-refractivity contribution in [1.82, 2.24) is 9.38 Å². The third-order valence-electron chi connectivity index (χ3n) is 2.44. The molecule has 0 N–H and O–H groups in total. The molecule has 5 heteroatoms. The topological polar surface area (TPSA) is 47.5 Å². The summed E-state index contributed by atoms with van der Waals surface area (Å²) in [5, 5.41) is 0.325. The number of aldehydes is 1. The number of rotatable bonds is 2. The summed E-state index contributed by atoms with van der Waals surface area (Å²) in [5.74, 6) is 0.603. The molecule has 3 aromatic rings. The molecule has 84 valence electrons. The SMILES string of the molecule is O=Cc1ccc2nc(-c3ccc(Cl)o3)cn2c1. The minimum Gasteiger partial charge on any atom is -0.443 e. The third kappa shape index (κ3) is 1.72. The zero-order valence-electron chi connectivity index (χ0n) is 8.63. The van der Waals surface area contributed by atoms with Crippen molar-refractivity contribution in [3.63, 3.8) is 0 Å². The van der Waals surface area contributed by atoms with Crippen molar-refractivity contribution in [2.75, 3.05) is 0 Å². The van der Waals surface area contributed by atoms with Crippen molar-refractivity contribution in [3.8, 4) is 11.5 Å². The Morgan fingerprint density at radius 2 is 2.12 bits per heavy atom. The summed E-state index contributed by atoms with van der Waals surface area (Å²) in [5.41, 5.74) is 2.02. The molecule has 0 bridgehead atoms. The number of carbonyl (C=O) groups is 1. The molecule has 0 unspecified atom stereocenters. The van der Waals surface area contributed by atoms with Crippen LogP contribution in [0, 0.1) is 0 Å². The van der Waals surface area contributed by atoms with Gasteiger partial charge in [-0.05, 0) is 35.9 Å². The summed E-state index contributed by atoms with van der Waals surface area (Å²) in [6, 6.07) is 6.91. The highest BCUT2D eigenvalue weighted by molar-refractivity contribution is 6.28. The average Bonchev–Trinajstić information content (AvgIpc) is 2.93. The maximum absolute atomic E-state index is 10.7. The molecule has 0 saturated carbocycles. The fourth-order valence-electron chi connectivity index (χ4n) is 1.65. The molecule has 0 aliphatic rings. The fourth-order valence-corrected chi connectivity index (χ4v) is 1.80. The largest absolute Gasteiger partial charge is 0.443 e. The van der Waals surface area contributed by atoms with Gasteiger partial charge >= 0.3 is 0 Å². The molecule has 17 heavy (non-hydrogen) atoms. The van der Waals surface area contributed by atoms with E-state index in [-0.39, 0.29) is 0 Å². The highest BCUT2D eigenvalue weighted by Gasteiger charge is 2.08. The van der Waals surface area contributed by atoms with Gasteiger partial charge in [-0.2, -0.15) is 0 Å². The number of furan rings is 1. The predicted molar refractivity (Wildman–Crippen MR) is 63.3 cm³/mol. The Hall–Kier alpha value is -2.07. The Morgan fingerprint density at radius 1 is 1.24 bits per heavy atom. The Bertz CT molecular complexity index is 699. The summed E-state index contributed by atoms with van der Waals surface area (Å²) in [4.78, 5) is 15.0. The van der Waals surface area contributed by atoms with E-state index < -0.39 is 0 Å². The van der Waals surface area contributed by atoms with E-state index in [9.17, 15) is 4.79 Å². The van der Waals surface area contributed by atoms with Crippen LogP contribution in [0.2, 0.25) is 5.22 Å². The van der Waals surface area contributed by atoms with Crippen LogP contribution in [0.5, 0.6) is 0 Å². The number of halogens is 1. The van der Waals surface area contributed by atoms with Gasteiger partial charge in [0, 0.05) is 18.0 Å². The van der Waals surface area contributed by atoms with Crippen LogP contribution in [0.4, 0.5) is 0 Å². The highest BCUT2D eigenvalue weighted by Crippen LogP contribution is 2.24. The van der Waals surface area contributed by atoms with Gasteiger partial charge in [-0.1, -0.05) is 0 Å². The Balaban J connectivity index is 2.16. The monoisotopic (exact) mass is 246 g/mol. The molecule has 0 spiro atoms. The lowest BCUT2D eigenvalue weighted by Gasteiger charge is -1.92. The van der Waals surface area contributed by atoms with Crippen molar-refractivity contribution < 1.29 is 9.21 Å². The normalized spacial score (nSPS) is 10.9. The highest BCUT2D eigenvalue weighted by atomic mass is 35.5. The van der Waals surface area contributed by atoms with Crippen molar-refractivity contribution >= 4 is 23.5 Å². The molecule has 0 amide bonds. The van der Waals surface area contributed by atoms with Crippen LogP contribution >= 0.6 is 11.6 Å².